The molecule has 2 aliphatic rings. The van der Waals surface area contributed by atoms with E-state index in [-0.39, 0.29) is 30.5 Å². The number of methoxy groups -OCH3 is 1. The molecule has 198 valence electrons. The Morgan fingerprint density at radius 2 is 1.89 bits per heavy atom. The normalized spacial score (nSPS) is 22.9. The highest BCUT2D eigenvalue weighted by atomic mass is 19.1. The van der Waals surface area contributed by atoms with Crippen LogP contribution in [-0.2, 0) is 21.5 Å². The van der Waals surface area contributed by atoms with Crippen molar-refractivity contribution in [2.45, 2.75) is 50.2 Å². The Hall–Kier alpha value is -3.27. The average molecular weight is 520 g/mol. The van der Waals surface area contributed by atoms with Crippen molar-refractivity contribution >= 4 is 5.52 Å². The molecule has 1 aromatic carbocycles. The molecular weight excluding hydrogens is 488 g/mol. The highest BCUT2D eigenvalue weighted by Crippen LogP contribution is 2.38. The quantitative estimate of drug-likeness (QED) is 0.395. The molecule has 9 heteroatoms. The topological polar surface area (TPSA) is 87.6 Å². The number of halogens is 2. The van der Waals surface area contributed by atoms with Gasteiger partial charge in [0.1, 0.15) is 23.1 Å². The highest BCUT2D eigenvalue weighted by Gasteiger charge is 2.41. The molecule has 0 amide bonds. The van der Waals surface area contributed by atoms with Crippen LogP contribution in [0.3, 0.4) is 0 Å². The number of hydrogen-bond acceptors (Lipinski definition) is 6. The van der Waals surface area contributed by atoms with Gasteiger partial charge in [0.15, 0.2) is 0 Å². The third-order valence-electron chi connectivity index (χ3n) is 8.05. The van der Waals surface area contributed by atoms with Gasteiger partial charge in [0.25, 0.3) is 0 Å². The summed E-state index contributed by atoms with van der Waals surface area (Å²) in [6.45, 7) is 2.76. The van der Waals surface area contributed by atoms with E-state index in [0.29, 0.717) is 29.6 Å². The summed E-state index contributed by atoms with van der Waals surface area (Å²) in [7, 11) is 1.51. The lowest BCUT2D eigenvalue weighted by Gasteiger charge is -2.40. The van der Waals surface area contributed by atoms with Crippen LogP contribution in [0.4, 0.5) is 8.78 Å². The van der Waals surface area contributed by atoms with Gasteiger partial charge >= 0.3 is 0 Å². The SMILES string of the molecule is COC1(c2cc(F)c(-c3ccc4cnc(Cc5cnccc5[C@@H]5C[C@H](C)C[C@H](N)C5)n4n3)c(F)c2)COC1. The van der Waals surface area contributed by atoms with Crippen LogP contribution in [0.25, 0.3) is 16.8 Å². The van der Waals surface area contributed by atoms with Gasteiger partial charge < -0.3 is 15.2 Å². The monoisotopic (exact) mass is 519 g/mol. The molecular formula is C29H31F2N5O2. The molecule has 4 aromatic rings. The first kappa shape index (κ1) is 25.0. The van der Waals surface area contributed by atoms with E-state index >= 15 is 8.78 Å². The summed E-state index contributed by atoms with van der Waals surface area (Å²) in [6, 6.07) is 8.26. The minimum Gasteiger partial charge on any atom is -0.375 e. The largest absolute Gasteiger partial charge is 0.375 e. The molecule has 7 nitrogen and oxygen atoms in total. The summed E-state index contributed by atoms with van der Waals surface area (Å²) in [4.78, 5) is 8.96. The zero-order chi connectivity index (χ0) is 26.4. The molecule has 6 rings (SSSR count). The van der Waals surface area contributed by atoms with Gasteiger partial charge in [0, 0.05) is 32.0 Å². The predicted molar refractivity (Wildman–Crippen MR) is 139 cm³/mol. The van der Waals surface area contributed by atoms with Crippen molar-refractivity contribution in [1.82, 2.24) is 19.6 Å². The number of hydrogen-bond donors (Lipinski definition) is 1. The first-order valence-electron chi connectivity index (χ1n) is 13.0. The number of benzene rings is 1. The molecule has 0 spiro atoms. The van der Waals surface area contributed by atoms with Gasteiger partial charge in [-0.15, -0.1) is 0 Å². The number of ether oxygens (including phenoxy) is 2. The van der Waals surface area contributed by atoms with E-state index in [1.807, 2.05) is 12.4 Å². The third kappa shape index (κ3) is 4.38. The fourth-order valence-corrected chi connectivity index (χ4v) is 6.02. The van der Waals surface area contributed by atoms with Crippen LogP contribution in [0.15, 0.2) is 48.9 Å². The average Bonchev–Trinajstić information content (AvgIpc) is 3.25. The van der Waals surface area contributed by atoms with Crippen LogP contribution in [0.1, 0.15) is 54.6 Å². The van der Waals surface area contributed by atoms with Gasteiger partial charge in [0.05, 0.1) is 36.2 Å². The highest BCUT2D eigenvalue weighted by molar-refractivity contribution is 5.63. The maximum absolute atomic E-state index is 15.3. The molecule has 0 radical (unpaired) electrons. The lowest BCUT2D eigenvalue weighted by Crippen LogP contribution is -2.48. The molecule has 0 unspecified atom stereocenters. The first-order chi connectivity index (χ1) is 18.4. The summed E-state index contributed by atoms with van der Waals surface area (Å²) in [5.41, 5.74) is 8.97. The number of rotatable bonds is 6. The van der Waals surface area contributed by atoms with Crippen LogP contribution in [0, 0.1) is 17.6 Å². The maximum Gasteiger partial charge on any atom is 0.139 e. The van der Waals surface area contributed by atoms with Crippen LogP contribution in [-0.4, -0.2) is 45.9 Å². The lowest BCUT2D eigenvalue weighted by atomic mass is 9.75. The Kier molecular flexibility index (Phi) is 6.45. The molecule has 1 aliphatic heterocycles. The number of pyridine rings is 1. The number of nitrogens with zero attached hydrogens (tertiary/aromatic N) is 4. The van der Waals surface area contributed by atoms with E-state index < -0.39 is 17.2 Å². The summed E-state index contributed by atoms with van der Waals surface area (Å²) in [5.74, 6) is 0.197. The van der Waals surface area contributed by atoms with Crippen LogP contribution >= 0.6 is 0 Å². The van der Waals surface area contributed by atoms with E-state index in [1.54, 1.807) is 22.8 Å². The molecule has 38 heavy (non-hydrogen) atoms. The summed E-state index contributed by atoms with van der Waals surface area (Å²) < 4.78 is 43.0. The number of imidazole rings is 1. The van der Waals surface area contributed by atoms with Crippen molar-refractivity contribution in [1.29, 1.82) is 0 Å². The fourth-order valence-electron chi connectivity index (χ4n) is 6.02. The van der Waals surface area contributed by atoms with Crippen LogP contribution in [0.2, 0.25) is 0 Å². The van der Waals surface area contributed by atoms with Gasteiger partial charge in [-0.1, -0.05) is 6.92 Å². The van der Waals surface area contributed by atoms with Crippen LogP contribution in [0.5, 0.6) is 0 Å². The zero-order valence-corrected chi connectivity index (χ0v) is 21.5. The second-order valence-electron chi connectivity index (χ2n) is 10.8. The number of fused-ring (bicyclic) bond motifs is 1. The van der Waals surface area contributed by atoms with Crippen molar-refractivity contribution in [2.24, 2.45) is 11.7 Å². The van der Waals surface area contributed by atoms with Gasteiger partial charge in [-0.25, -0.2) is 18.3 Å². The second-order valence-corrected chi connectivity index (χ2v) is 10.8. The van der Waals surface area contributed by atoms with Gasteiger partial charge in [-0.05, 0) is 78.1 Å². The molecule has 0 bridgehead atoms. The van der Waals surface area contributed by atoms with Crippen molar-refractivity contribution < 1.29 is 18.3 Å². The van der Waals surface area contributed by atoms with E-state index in [4.69, 9.17) is 15.2 Å². The Morgan fingerprint density at radius 1 is 1.11 bits per heavy atom. The van der Waals surface area contributed by atoms with Gasteiger partial charge in [-0.2, -0.15) is 5.10 Å². The molecule has 3 aromatic heterocycles. The molecule has 1 saturated heterocycles. The minimum atomic E-state index is -0.823. The number of nitrogens with two attached hydrogens (primary N) is 1. The first-order valence-corrected chi connectivity index (χ1v) is 13.0. The summed E-state index contributed by atoms with van der Waals surface area (Å²) in [6.07, 6.45) is 8.98. The molecule has 2 N–H and O–H groups in total. The Labute approximate surface area is 220 Å². The summed E-state index contributed by atoms with van der Waals surface area (Å²) in [5, 5.41) is 4.61. The molecule has 1 aliphatic carbocycles. The minimum absolute atomic E-state index is 0.186. The Morgan fingerprint density at radius 3 is 2.58 bits per heavy atom. The van der Waals surface area contributed by atoms with Crippen molar-refractivity contribution in [2.75, 3.05) is 20.3 Å². The van der Waals surface area contributed by atoms with Crippen molar-refractivity contribution in [3.8, 4) is 11.3 Å². The standard InChI is InChI=1S/C29H31F2N5O2/c1-17-7-18(9-21(32)8-17)23-5-6-33-13-19(23)10-27-34-14-22-3-4-26(35-36(22)27)28-24(30)11-20(12-25(28)31)29(37-2)15-38-16-29/h3-6,11-14,17-18,21H,7-10,15-16,32H2,1-2H3/t17-,18+,21-/m0/s1. The molecule has 2 fully saturated rings. The smallest absolute Gasteiger partial charge is 0.139 e. The molecule has 1 saturated carbocycles. The summed E-state index contributed by atoms with van der Waals surface area (Å²) >= 11 is 0. The van der Waals surface area contributed by atoms with E-state index in [9.17, 15) is 0 Å². The number of aromatic nitrogens is 4. The van der Waals surface area contributed by atoms with Gasteiger partial charge in [0.2, 0.25) is 0 Å². The van der Waals surface area contributed by atoms with Crippen molar-refractivity contribution in [3.63, 3.8) is 0 Å². The van der Waals surface area contributed by atoms with E-state index in [1.165, 1.54) is 24.8 Å². The van der Waals surface area contributed by atoms with Gasteiger partial charge in [-0.3, -0.25) is 4.98 Å². The zero-order valence-electron chi connectivity index (χ0n) is 21.5. The van der Waals surface area contributed by atoms with E-state index in [0.717, 1.165) is 30.3 Å². The third-order valence-corrected chi connectivity index (χ3v) is 8.05. The lowest BCUT2D eigenvalue weighted by molar-refractivity contribution is -0.202. The maximum atomic E-state index is 15.3. The fraction of sp³-hybridized carbons (Fsp3) is 0.414. The van der Waals surface area contributed by atoms with Crippen LogP contribution < -0.4 is 5.73 Å². The second kappa shape index (κ2) is 9.80. The Balaban J connectivity index is 1.34. The van der Waals surface area contributed by atoms with Crippen molar-refractivity contribution in [3.05, 3.63) is 83.1 Å². The Bertz CT molecular complexity index is 1450. The predicted octanol–water partition coefficient (Wildman–Crippen LogP) is 4.76. The van der Waals surface area contributed by atoms with E-state index in [2.05, 4.69) is 28.1 Å². The molecule has 4 heterocycles. The molecule has 3 atom stereocenters.